The molecule has 0 amide bonds. The van der Waals surface area contributed by atoms with Gasteiger partial charge in [0.05, 0.1) is 11.5 Å². The lowest BCUT2D eigenvalue weighted by Crippen LogP contribution is -2.26. The molecule has 1 aromatic carbocycles. The molecular formula is C16H18N4O3. The average Bonchev–Trinajstić information content (AvgIpc) is 3.04. The van der Waals surface area contributed by atoms with E-state index in [1.807, 2.05) is 18.2 Å². The van der Waals surface area contributed by atoms with Crippen LogP contribution in [0.4, 0.5) is 17.2 Å². The van der Waals surface area contributed by atoms with Crippen molar-refractivity contribution in [3.8, 4) is 0 Å². The minimum Gasteiger partial charge on any atom is -0.392 e. The lowest BCUT2D eigenvalue weighted by atomic mass is 10.1. The van der Waals surface area contributed by atoms with E-state index in [1.165, 1.54) is 6.07 Å². The van der Waals surface area contributed by atoms with Crippen LogP contribution in [0.3, 0.4) is 0 Å². The second-order valence-electron chi connectivity index (χ2n) is 5.53. The number of hydrogen-bond donors (Lipinski definition) is 2. The fourth-order valence-electron chi connectivity index (χ4n) is 2.80. The molecule has 1 aromatic heterocycles. The third kappa shape index (κ3) is 3.40. The van der Waals surface area contributed by atoms with Crippen molar-refractivity contribution in [2.24, 2.45) is 0 Å². The number of anilines is 2. The lowest BCUT2D eigenvalue weighted by molar-refractivity contribution is -0.384. The zero-order chi connectivity index (χ0) is 16.2. The first-order valence-electron chi connectivity index (χ1n) is 7.48. The standard InChI is InChI=1S/C16H18N4O3/c21-11-12-4-5-15(20(22)23)14(9-12)18-13-6-8-19(10-13)16-3-1-2-7-17-16/h1-5,7,9,13,18,21H,6,8,10-11H2. The van der Waals surface area contributed by atoms with Crippen LogP contribution in [0.5, 0.6) is 0 Å². The molecule has 0 saturated carbocycles. The third-order valence-electron chi connectivity index (χ3n) is 3.96. The van der Waals surface area contributed by atoms with Crippen molar-refractivity contribution in [2.75, 3.05) is 23.3 Å². The van der Waals surface area contributed by atoms with E-state index >= 15 is 0 Å². The van der Waals surface area contributed by atoms with Crippen molar-refractivity contribution < 1.29 is 10.0 Å². The minimum absolute atomic E-state index is 0.0264. The quantitative estimate of drug-likeness (QED) is 0.649. The molecule has 1 aliphatic heterocycles. The Morgan fingerprint density at radius 3 is 2.96 bits per heavy atom. The van der Waals surface area contributed by atoms with Crippen LogP contribution in [0.1, 0.15) is 12.0 Å². The topological polar surface area (TPSA) is 91.5 Å². The number of aliphatic hydroxyl groups is 1. The molecule has 2 N–H and O–H groups in total. The first kappa shape index (κ1) is 15.2. The highest BCUT2D eigenvalue weighted by atomic mass is 16.6. The number of nitro groups is 1. The smallest absolute Gasteiger partial charge is 0.292 e. The van der Waals surface area contributed by atoms with Gasteiger partial charge in [0, 0.05) is 31.4 Å². The molecule has 1 atom stereocenters. The molecule has 7 heteroatoms. The van der Waals surface area contributed by atoms with E-state index in [4.69, 9.17) is 0 Å². The monoisotopic (exact) mass is 314 g/mol. The highest BCUT2D eigenvalue weighted by Gasteiger charge is 2.25. The Morgan fingerprint density at radius 1 is 1.39 bits per heavy atom. The third-order valence-corrected chi connectivity index (χ3v) is 3.96. The van der Waals surface area contributed by atoms with E-state index in [9.17, 15) is 15.2 Å². The van der Waals surface area contributed by atoms with Gasteiger partial charge in [0.25, 0.3) is 5.69 Å². The van der Waals surface area contributed by atoms with E-state index in [0.29, 0.717) is 11.3 Å². The largest absolute Gasteiger partial charge is 0.392 e. The summed E-state index contributed by atoms with van der Waals surface area (Å²) in [6, 6.07) is 10.5. The van der Waals surface area contributed by atoms with E-state index in [0.717, 1.165) is 25.3 Å². The van der Waals surface area contributed by atoms with Crippen LogP contribution in [0.2, 0.25) is 0 Å². The van der Waals surface area contributed by atoms with Crippen LogP contribution >= 0.6 is 0 Å². The maximum absolute atomic E-state index is 11.2. The molecule has 1 fully saturated rings. The second-order valence-corrected chi connectivity index (χ2v) is 5.53. The maximum Gasteiger partial charge on any atom is 0.292 e. The summed E-state index contributed by atoms with van der Waals surface area (Å²) in [5.74, 6) is 0.912. The summed E-state index contributed by atoms with van der Waals surface area (Å²) < 4.78 is 0. The fraction of sp³-hybridized carbons (Fsp3) is 0.312. The number of benzene rings is 1. The second kappa shape index (κ2) is 6.62. The summed E-state index contributed by atoms with van der Waals surface area (Å²) in [5.41, 5.74) is 1.13. The zero-order valence-electron chi connectivity index (χ0n) is 12.6. The summed E-state index contributed by atoms with van der Waals surface area (Å²) in [6.07, 6.45) is 2.63. The molecule has 7 nitrogen and oxygen atoms in total. The number of nitrogens with one attached hydrogen (secondary N) is 1. The van der Waals surface area contributed by atoms with Crippen molar-refractivity contribution in [3.05, 3.63) is 58.3 Å². The van der Waals surface area contributed by atoms with Crippen LogP contribution in [0.15, 0.2) is 42.6 Å². The van der Waals surface area contributed by atoms with Crippen molar-refractivity contribution >= 4 is 17.2 Å². The normalized spacial score (nSPS) is 17.3. The SMILES string of the molecule is O=[N+]([O-])c1ccc(CO)cc1NC1CCN(c2ccccn2)C1. The molecule has 0 bridgehead atoms. The minimum atomic E-state index is -0.408. The fourth-order valence-corrected chi connectivity index (χ4v) is 2.80. The predicted molar refractivity (Wildman–Crippen MR) is 87.5 cm³/mol. The lowest BCUT2D eigenvalue weighted by Gasteiger charge is -2.18. The zero-order valence-corrected chi connectivity index (χ0v) is 12.6. The van der Waals surface area contributed by atoms with Gasteiger partial charge in [-0.1, -0.05) is 6.07 Å². The van der Waals surface area contributed by atoms with E-state index in [-0.39, 0.29) is 18.3 Å². The molecule has 1 saturated heterocycles. The summed E-state index contributed by atoms with van der Waals surface area (Å²) in [6.45, 7) is 1.44. The molecule has 1 aliphatic rings. The predicted octanol–water partition coefficient (Wildman–Crippen LogP) is 2.17. The van der Waals surface area contributed by atoms with Gasteiger partial charge >= 0.3 is 0 Å². The molecule has 1 unspecified atom stereocenters. The summed E-state index contributed by atoms with van der Waals surface area (Å²) >= 11 is 0. The molecule has 2 heterocycles. The van der Waals surface area contributed by atoms with Crippen molar-refractivity contribution in [1.29, 1.82) is 0 Å². The van der Waals surface area contributed by atoms with Gasteiger partial charge in [-0.2, -0.15) is 0 Å². The number of hydrogen-bond acceptors (Lipinski definition) is 6. The summed E-state index contributed by atoms with van der Waals surface area (Å²) in [5, 5.41) is 23.6. The summed E-state index contributed by atoms with van der Waals surface area (Å²) in [7, 11) is 0. The first-order chi connectivity index (χ1) is 11.2. The van der Waals surface area contributed by atoms with E-state index in [1.54, 1.807) is 18.3 Å². The molecule has 0 radical (unpaired) electrons. The van der Waals surface area contributed by atoms with Crippen LogP contribution in [0, 0.1) is 10.1 Å². The van der Waals surface area contributed by atoms with Crippen molar-refractivity contribution in [3.63, 3.8) is 0 Å². The van der Waals surface area contributed by atoms with Crippen LogP contribution in [-0.4, -0.2) is 34.1 Å². The molecule has 120 valence electrons. The highest BCUT2D eigenvalue weighted by Crippen LogP contribution is 2.28. The Labute approximate surface area is 133 Å². The number of aliphatic hydroxyl groups excluding tert-OH is 1. The number of rotatable bonds is 5. The number of pyridine rings is 1. The Morgan fingerprint density at radius 2 is 2.26 bits per heavy atom. The maximum atomic E-state index is 11.2. The Kier molecular flexibility index (Phi) is 4.38. The van der Waals surface area contributed by atoms with Crippen LogP contribution in [0.25, 0.3) is 0 Å². The number of nitro benzene ring substituents is 1. The van der Waals surface area contributed by atoms with Crippen LogP contribution in [-0.2, 0) is 6.61 Å². The van der Waals surface area contributed by atoms with Crippen LogP contribution < -0.4 is 10.2 Å². The molecule has 2 aromatic rings. The highest BCUT2D eigenvalue weighted by molar-refractivity contribution is 5.63. The Balaban J connectivity index is 1.74. The Bertz CT molecular complexity index is 693. The molecular weight excluding hydrogens is 296 g/mol. The number of nitrogens with zero attached hydrogens (tertiary/aromatic N) is 3. The molecule has 23 heavy (non-hydrogen) atoms. The molecule has 0 spiro atoms. The molecule has 3 rings (SSSR count). The van der Waals surface area contributed by atoms with Crippen molar-refractivity contribution in [1.82, 2.24) is 4.98 Å². The van der Waals surface area contributed by atoms with E-state index in [2.05, 4.69) is 15.2 Å². The Hall–Kier alpha value is -2.67. The van der Waals surface area contributed by atoms with Gasteiger partial charge in [-0.05, 0) is 36.2 Å². The summed E-state index contributed by atoms with van der Waals surface area (Å²) in [4.78, 5) is 17.2. The molecule has 0 aliphatic carbocycles. The van der Waals surface area contributed by atoms with Gasteiger partial charge in [-0.3, -0.25) is 10.1 Å². The number of aromatic nitrogens is 1. The van der Waals surface area contributed by atoms with E-state index < -0.39 is 4.92 Å². The van der Waals surface area contributed by atoms with Gasteiger partial charge in [0.2, 0.25) is 0 Å². The van der Waals surface area contributed by atoms with Crippen molar-refractivity contribution in [2.45, 2.75) is 19.1 Å². The van der Waals surface area contributed by atoms with Gasteiger partial charge in [-0.25, -0.2) is 4.98 Å². The first-order valence-corrected chi connectivity index (χ1v) is 7.48. The van der Waals surface area contributed by atoms with Gasteiger partial charge in [0.15, 0.2) is 0 Å². The van der Waals surface area contributed by atoms with Gasteiger partial charge in [-0.15, -0.1) is 0 Å². The van der Waals surface area contributed by atoms with Gasteiger partial charge < -0.3 is 15.3 Å². The average molecular weight is 314 g/mol. The van der Waals surface area contributed by atoms with Gasteiger partial charge in [0.1, 0.15) is 11.5 Å².